The zero-order chi connectivity index (χ0) is 19.1. The summed E-state index contributed by atoms with van der Waals surface area (Å²) in [7, 11) is 1.52. The van der Waals surface area contributed by atoms with E-state index in [1.165, 1.54) is 12.1 Å². The third-order valence-corrected chi connectivity index (χ3v) is 5.26. The molecule has 2 aromatic rings. The molecule has 1 amide bonds. The summed E-state index contributed by atoms with van der Waals surface area (Å²) in [5, 5.41) is 11.9. The highest BCUT2D eigenvalue weighted by Crippen LogP contribution is 2.49. The van der Waals surface area contributed by atoms with Crippen LogP contribution in [-0.2, 0) is 9.59 Å². The molecular weight excluding hydrogens is 377 g/mol. The zero-order valence-electron chi connectivity index (χ0n) is 13.9. The molecule has 1 heterocycles. The van der Waals surface area contributed by atoms with E-state index >= 15 is 0 Å². The number of anilines is 1. The highest BCUT2D eigenvalue weighted by molar-refractivity contribution is 6.36. The number of rotatable bonds is 4. The molecule has 2 atom stereocenters. The van der Waals surface area contributed by atoms with Gasteiger partial charge in [-0.1, -0.05) is 53.5 Å². The van der Waals surface area contributed by atoms with Gasteiger partial charge in [0.25, 0.3) is 5.91 Å². The number of primary amides is 1. The Labute approximate surface area is 160 Å². The highest BCUT2D eigenvalue weighted by Gasteiger charge is 2.56. The van der Waals surface area contributed by atoms with Gasteiger partial charge in [0.2, 0.25) is 5.54 Å². The van der Waals surface area contributed by atoms with Gasteiger partial charge in [-0.2, -0.15) is 0 Å². The normalized spacial score (nSPS) is 22.0. The molecule has 0 aromatic heterocycles. The van der Waals surface area contributed by atoms with Gasteiger partial charge in [-0.05, 0) is 17.7 Å². The van der Waals surface area contributed by atoms with Crippen molar-refractivity contribution in [1.82, 2.24) is 5.43 Å². The molecule has 0 spiro atoms. The average Bonchev–Trinajstić information content (AvgIpc) is 2.60. The molecule has 4 N–H and O–H groups in total. The number of hydrogen-bond donors (Lipinski definition) is 3. The van der Waals surface area contributed by atoms with Crippen LogP contribution in [0, 0.1) is 0 Å². The predicted octanol–water partition coefficient (Wildman–Crippen LogP) is 2.78. The first kappa shape index (κ1) is 18.5. The van der Waals surface area contributed by atoms with Crippen LogP contribution < -0.4 is 16.2 Å². The largest absolute Gasteiger partial charge is 0.479 e. The first-order chi connectivity index (χ1) is 12.3. The number of nitrogens with two attached hydrogens (primary N) is 1. The number of carboxylic acids is 1. The summed E-state index contributed by atoms with van der Waals surface area (Å²) < 4.78 is 0. The van der Waals surface area contributed by atoms with Crippen LogP contribution in [0.1, 0.15) is 23.5 Å². The number of fused-ring (bicyclic) bond motifs is 1. The van der Waals surface area contributed by atoms with Gasteiger partial charge in [-0.15, -0.1) is 0 Å². The Hall–Kier alpha value is -2.28. The quantitative estimate of drug-likeness (QED) is 0.694. The van der Waals surface area contributed by atoms with E-state index in [1.54, 1.807) is 12.1 Å². The molecule has 0 saturated heterocycles. The lowest BCUT2D eigenvalue weighted by molar-refractivity contribution is -0.149. The van der Waals surface area contributed by atoms with Gasteiger partial charge in [-0.3, -0.25) is 9.80 Å². The summed E-state index contributed by atoms with van der Waals surface area (Å²) in [5.41, 5.74) is 8.29. The van der Waals surface area contributed by atoms with Crippen molar-refractivity contribution in [2.75, 3.05) is 12.1 Å². The Morgan fingerprint density at radius 1 is 1.27 bits per heavy atom. The van der Waals surface area contributed by atoms with Crippen molar-refractivity contribution in [2.45, 2.75) is 17.9 Å². The molecule has 0 fully saturated rings. The highest BCUT2D eigenvalue weighted by atomic mass is 35.5. The van der Waals surface area contributed by atoms with E-state index in [1.807, 2.05) is 30.3 Å². The fourth-order valence-corrected chi connectivity index (χ4v) is 4.19. The van der Waals surface area contributed by atoms with Gasteiger partial charge < -0.3 is 10.8 Å². The van der Waals surface area contributed by atoms with Crippen molar-refractivity contribution in [3.63, 3.8) is 0 Å². The molecular formula is C18H17Cl2N3O3. The van der Waals surface area contributed by atoms with E-state index in [-0.39, 0.29) is 6.42 Å². The summed E-state index contributed by atoms with van der Waals surface area (Å²) in [6, 6.07) is 12.4. The fraction of sp³-hybridized carbons (Fsp3) is 0.222. The maximum Gasteiger partial charge on any atom is 0.341 e. The molecule has 0 saturated carbocycles. The molecule has 6 nitrogen and oxygen atoms in total. The molecule has 0 radical (unpaired) electrons. The van der Waals surface area contributed by atoms with Crippen molar-refractivity contribution in [2.24, 2.45) is 5.73 Å². The number of hydrazine groups is 1. The van der Waals surface area contributed by atoms with Crippen molar-refractivity contribution >= 4 is 40.8 Å². The van der Waals surface area contributed by atoms with Crippen LogP contribution in [0.25, 0.3) is 0 Å². The van der Waals surface area contributed by atoms with Crippen molar-refractivity contribution in [3.05, 3.63) is 63.6 Å². The Kier molecular flexibility index (Phi) is 4.84. The Morgan fingerprint density at radius 3 is 2.46 bits per heavy atom. The number of nitrogens with one attached hydrogen (secondary N) is 1. The van der Waals surface area contributed by atoms with E-state index in [9.17, 15) is 14.7 Å². The first-order valence-corrected chi connectivity index (χ1v) is 8.63. The molecule has 1 aliphatic rings. The molecule has 3 rings (SSSR count). The molecule has 0 aliphatic carbocycles. The molecule has 0 bridgehead atoms. The monoisotopic (exact) mass is 393 g/mol. The Bertz CT molecular complexity index is 859. The number of halogens is 2. The second-order valence-electron chi connectivity index (χ2n) is 6.08. The summed E-state index contributed by atoms with van der Waals surface area (Å²) in [4.78, 5) is 24.5. The van der Waals surface area contributed by atoms with E-state index in [0.717, 1.165) is 5.56 Å². The van der Waals surface area contributed by atoms with Crippen LogP contribution in [-0.4, -0.2) is 29.6 Å². The zero-order valence-corrected chi connectivity index (χ0v) is 15.4. The average molecular weight is 394 g/mol. The van der Waals surface area contributed by atoms with Crippen molar-refractivity contribution in [3.8, 4) is 0 Å². The third kappa shape index (κ3) is 2.70. The summed E-state index contributed by atoms with van der Waals surface area (Å²) in [5.74, 6) is -2.76. The number of hydrogen-bond acceptors (Lipinski definition) is 4. The first-order valence-electron chi connectivity index (χ1n) is 7.87. The Morgan fingerprint density at radius 2 is 1.92 bits per heavy atom. The number of benzene rings is 2. The second-order valence-corrected chi connectivity index (χ2v) is 6.92. The van der Waals surface area contributed by atoms with Crippen LogP contribution in [0.3, 0.4) is 0 Å². The minimum absolute atomic E-state index is 0.0725. The topological polar surface area (TPSA) is 95.7 Å². The van der Waals surface area contributed by atoms with Crippen molar-refractivity contribution in [1.29, 1.82) is 0 Å². The van der Waals surface area contributed by atoms with Crippen LogP contribution in [0.4, 0.5) is 5.69 Å². The van der Waals surface area contributed by atoms with Crippen molar-refractivity contribution < 1.29 is 14.7 Å². The number of aliphatic carboxylic acids is 1. The molecule has 2 aromatic carbocycles. The van der Waals surface area contributed by atoms with Crippen LogP contribution in [0.15, 0.2) is 42.5 Å². The van der Waals surface area contributed by atoms with Gasteiger partial charge in [-0.25, -0.2) is 10.2 Å². The van der Waals surface area contributed by atoms with E-state index in [4.69, 9.17) is 28.9 Å². The third-order valence-electron chi connectivity index (χ3n) is 4.73. The van der Waals surface area contributed by atoms with E-state index < -0.39 is 23.3 Å². The number of carbonyl (C=O) groups is 2. The standard InChI is InChI=1S/C18H17Cl2N3O3/c1-22-23-14-8-11(19)7-13(20)15(14)12(10-5-3-2-4-6-10)9-18(23,16(21)24)17(25)26/h2-8,12,22H,9H2,1H3,(H2,21,24)(H,25,26). The summed E-state index contributed by atoms with van der Waals surface area (Å²) in [6.07, 6.45) is -0.0725. The molecule has 26 heavy (non-hydrogen) atoms. The van der Waals surface area contributed by atoms with Gasteiger partial charge in [0, 0.05) is 35.0 Å². The Balaban J connectivity index is 2.35. The van der Waals surface area contributed by atoms with E-state index in [2.05, 4.69) is 5.43 Å². The number of carbonyl (C=O) groups excluding carboxylic acids is 1. The molecule has 8 heteroatoms. The van der Waals surface area contributed by atoms with Gasteiger partial charge in [0.15, 0.2) is 0 Å². The molecule has 136 valence electrons. The summed E-state index contributed by atoms with van der Waals surface area (Å²) >= 11 is 12.6. The second kappa shape index (κ2) is 6.79. The molecule has 2 unspecified atom stereocenters. The summed E-state index contributed by atoms with van der Waals surface area (Å²) in [6.45, 7) is 0. The molecule has 1 aliphatic heterocycles. The van der Waals surface area contributed by atoms with Crippen LogP contribution >= 0.6 is 23.2 Å². The van der Waals surface area contributed by atoms with Gasteiger partial charge in [0.05, 0.1) is 5.69 Å². The smallest absolute Gasteiger partial charge is 0.341 e. The fourth-order valence-electron chi connectivity index (χ4n) is 3.58. The lowest BCUT2D eigenvalue weighted by Crippen LogP contribution is -2.68. The van der Waals surface area contributed by atoms with Gasteiger partial charge >= 0.3 is 5.97 Å². The lowest BCUT2D eigenvalue weighted by atomic mass is 9.74. The maximum atomic E-state index is 12.3. The minimum Gasteiger partial charge on any atom is -0.479 e. The van der Waals surface area contributed by atoms with E-state index in [0.29, 0.717) is 21.3 Å². The number of amides is 1. The predicted molar refractivity (Wildman–Crippen MR) is 100 cm³/mol. The van der Waals surface area contributed by atoms with Gasteiger partial charge in [0.1, 0.15) is 0 Å². The maximum absolute atomic E-state index is 12.3. The lowest BCUT2D eigenvalue weighted by Gasteiger charge is -2.46. The minimum atomic E-state index is -1.99. The number of nitrogens with zero attached hydrogens (tertiary/aromatic N) is 1. The van der Waals surface area contributed by atoms with Crippen LogP contribution in [0.5, 0.6) is 0 Å². The number of carboxylic acid groups (broad SMARTS) is 1. The SMILES string of the molecule is CNN1c2cc(Cl)cc(Cl)c2C(c2ccccc2)CC1(C(N)=O)C(=O)O. The van der Waals surface area contributed by atoms with Crippen LogP contribution in [0.2, 0.25) is 10.0 Å².